The van der Waals surface area contributed by atoms with Crippen LogP contribution in [0.4, 0.5) is 0 Å². The van der Waals surface area contributed by atoms with E-state index >= 15 is 0 Å². The summed E-state index contributed by atoms with van der Waals surface area (Å²) in [5.74, 6) is 0.612. The highest BCUT2D eigenvalue weighted by Gasteiger charge is 2.25. The van der Waals surface area contributed by atoms with Gasteiger partial charge in [0.2, 0.25) is 0 Å². The molecule has 4 heteroatoms. The summed E-state index contributed by atoms with van der Waals surface area (Å²) >= 11 is 1.75. The number of nitrogens with one attached hydrogen (secondary N) is 1. The molecule has 0 aliphatic carbocycles. The third kappa shape index (κ3) is 3.03. The molecule has 2 rings (SSSR count). The van der Waals surface area contributed by atoms with Crippen LogP contribution in [0, 0.1) is 5.92 Å². The molecule has 1 aromatic rings. The molecule has 1 N–H and O–H groups in total. The van der Waals surface area contributed by atoms with E-state index in [0.29, 0.717) is 12.0 Å². The molecular weight excluding hydrogens is 220 g/mol. The molecule has 0 aromatic carbocycles. The summed E-state index contributed by atoms with van der Waals surface area (Å²) in [7, 11) is 0. The number of hydrogen-bond acceptors (Lipinski definition) is 4. The second-order valence-corrected chi connectivity index (χ2v) is 5.23. The molecule has 1 aliphatic heterocycles. The zero-order valence-electron chi connectivity index (χ0n) is 9.82. The van der Waals surface area contributed by atoms with Crippen LogP contribution in [0.25, 0.3) is 0 Å². The van der Waals surface area contributed by atoms with Gasteiger partial charge in [0, 0.05) is 29.6 Å². The van der Waals surface area contributed by atoms with Gasteiger partial charge in [-0.1, -0.05) is 6.92 Å². The van der Waals surface area contributed by atoms with Crippen molar-refractivity contribution in [3.8, 4) is 0 Å². The van der Waals surface area contributed by atoms with Crippen LogP contribution in [0.3, 0.4) is 0 Å². The van der Waals surface area contributed by atoms with Gasteiger partial charge < -0.3 is 10.1 Å². The normalized spacial score (nSPS) is 23.2. The standard InChI is InChI=1S/C12H20N2OS/c1-2-5-14-12(11-7-13-9-16-11)10-4-3-6-15-8-10/h7,9-10,12,14H,2-6,8H2,1H3. The van der Waals surface area contributed by atoms with Crippen LogP contribution in [-0.2, 0) is 4.74 Å². The van der Waals surface area contributed by atoms with E-state index in [1.54, 1.807) is 11.3 Å². The molecule has 0 saturated carbocycles. The van der Waals surface area contributed by atoms with Gasteiger partial charge in [-0.25, -0.2) is 0 Å². The second-order valence-electron chi connectivity index (χ2n) is 4.31. The summed E-state index contributed by atoms with van der Waals surface area (Å²) in [5.41, 5.74) is 1.92. The van der Waals surface area contributed by atoms with E-state index in [1.807, 2.05) is 11.7 Å². The maximum Gasteiger partial charge on any atom is 0.0794 e. The smallest absolute Gasteiger partial charge is 0.0794 e. The number of nitrogens with zero attached hydrogens (tertiary/aromatic N) is 1. The first-order chi connectivity index (χ1) is 7.92. The summed E-state index contributed by atoms with van der Waals surface area (Å²) in [5, 5.41) is 3.63. The number of rotatable bonds is 5. The molecular formula is C12H20N2OS. The average molecular weight is 240 g/mol. The molecule has 16 heavy (non-hydrogen) atoms. The van der Waals surface area contributed by atoms with Crippen molar-refractivity contribution >= 4 is 11.3 Å². The van der Waals surface area contributed by atoms with Crippen molar-refractivity contribution in [2.45, 2.75) is 32.2 Å². The molecule has 0 radical (unpaired) electrons. The van der Waals surface area contributed by atoms with Crippen LogP contribution >= 0.6 is 11.3 Å². The summed E-state index contributed by atoms with van der Waals surface area (Å²) in [4.78, 5) is 5.53. The van der Waals surface area contributed by atoms with Crippen LogP contribution in [-0.4, -0.2) is 24.7 Å². The van der Waals surface area contributed by atoms with Crippen LogP contribution in [0.15, 0.2) is 11.7 Å². The highest BCUT2D eigenvalue weighted by atomic mass is 32.1. The summed E-state index contributed by atoms with van der Waals surface area (Å²) in [6, 6.07) is 0.438. The minimum absolute atomic E-state index is 0.438. The number of ether oxygens (including phenoxy) is 1. The number of aromatic nitrogens is 1. The Balaban J connectivity index is 2.01. The van der Waals surface area contributed by atoms with Crippen molar-refractivity contribution < 1.29 is 4.74 Å². The highest BCUT2D eigenvalue weighted by Crippen LogP contribution is 2.30. The van der Waals surface area contributed by atoms with E-state index in [2.05, 4.69) is 17.2 Å². The Morgan fingerprint density at radius 2 is 2.62 bits per heavy atom. The fraction of sp³-hybridized carbons (Fsp3) is 0.750. The first kappa shape index (κ1) is 12.0. The van der Waals surface area contributed by atoms with Gasteiger partial charge in [0.1, 0.15) is 0 Å². The van der Waals surface area contributed by atoms with Gasteiger partial charge in [0.15, 0.2) is 0 Å². The largest absolute Gasteiger partial charge is 0.381 e. The Morgan fingerprint density at radius 1 is 1.69 bits per heavy atom. The van der Waals surface area contributed by atoms with Crippen molar-refractivity contribution in [3.63, 3.8) is 0 Å². The van der Waals surface area contributed by atoms with Gasteiger partial charge in [-0.15, -0.1) is 11.3 Å². The molecule has 0 spiro atoms. The molecule has 1 aliphatic rings. The lowest BCUT2D eigenvalue weighted by Crippen LogP contribution is -2.33. The predicted octanol–water partition coefficient (Wildman–Crippen LogP) is 2.61. The molecule has 90 valence electrons. The Kier molecular flexibility index (Phi) is 4.75. The van der Waals surface area contributed by atoms with E-state index in [9.17, 15) is 0 Å². The van der Waals surface area contributed by atoms with Crippen molar-refractivity contribution in [2.24, 2.45) is 5.92 Å². The van der Waals surface area contributed by atoms with E-state index in [1.165, 1.54) is 24.1 Å². The minimum Gasteiger partial charge on any atom is -0.381 e. The molecule has 1 fully saturated rings. The first-order valence-electron chi connectivity index (χ1n) is 6.11. The monoisotopic (exact) mass is 240 g/mol. The molecule has 2 unspecified atom stereocenters. The quantitative estimate of drug-likeness (QED) is 0.859. The fourth-order valence-corrected chi connectivity index (χ4v) is 2.99. The van der Waals surface area contributed by atoms with Gasteiger partial charge in [-0.3, -0.25) is 4.98 Å². The minimum atomic E-state index is 0.438. The molecule has 3 nitrogen and oxygen atoms in total. The zero-order chi connectivity index (χ0) is 11.2. The highest BCUT2D eigenvalue weighted by molar-refractivity contribution is 7.09. The van der Waals surface area contributed by atoms with E-state index < -0.39 is 0 Å². The maximum atomic E-state index is 5.59. The summed E-state index contributed by atoms with van der Waals surface area (Å²) in [6.45, 7) is 5.09. The van der Waals surface area contributed by atoms with E-state index in [4.69, 9.17) is 4.74 Å². The maximum absolute atomic E-state index is 5.59. The first-order valence-corrected chi connectivity index (χ1v) is 6.99. The van der Waals surface area contributed by atoms with Crippen LogP contribution in [0.5, 0.6) is 0 Å². The average Bonchev–Trinajstić information content (AvgIpc) is 2.85. The van der Waals surface area contributed by atoms with Gasteiger partial charge >= 0.3 is 0 Å². The number of thiazole rings is 1. The Hall–Kier alpha value is -0.450. The van der Waals surface area contributed by atoms with Crippen LogP contribution in [0.1, 0.15) is 37.1 Å². The summed E-state index contributed by atoms with van der Waals surface area (Å²) < 4.78 is 5.59. The Bertz CT molecular complexity index is 283. The molecule has 1 saturated heterocycles. The van der Waals surface area contributed by atoms with Gasteiger partial charge in [-0.2, -0.15) is 0 Å². The topological polar surface area (TPSA) is 34.2 Å². The third-order valence-corrected chi connectivity index (χ3v) is 3.90. The van der Waals surface area contributed by atoms with E-state index in [0.717, 1.165) is 19.8 Å². The predicted molar refractivity (Wildman–Crippen MR) is 66.7 cm³/mol. The fourth-order valence-electron chi connectivity index (χ4n) is 2.21. The number of hydrogen-bond donors (Lipinski definition) is 1. The van der Waals surface area contributed by atoms with Crippen LogP contribution < -0.4 is 5.32 Å². The van der Waals surface area contributed by atoms with Crippen molar-refractivity contribution in [1.29, 1.82) is 0 Å². The lowest BCUT2D eigenvalue weighted by molar-refractivity contribution is 0.0395. The molecule has 2 heterocycles. The molecule has 0 bridgehead atoms. The SMILES string of the molecule is CCCNC(c1cncs1)C1CCCOC1. The van der Waals surface area contributed by atoms with Gasteiger partial charge in [0.05, 0.1) is 12.1 Å². The third-order valence-electron chi connectivity index (χ3n) is 3.04. The Labute approximate surface area is 101 Å². The van der Waals surface area contributed by atoms with Crippen molar-refractivity contribution in [3.05, 3.63) is 16.6 Å². The molecule has 2 atom stereocenters. The Morgan fingerprint density at radius 3 is 3.25 bits per heavy atom. The zero-order valence-corrected chi connectivity index (χ0v) is 10.6. The van der Waals surface area contributed by atoms with Gasteiger partial charge in [-0.05, 0) is 25.8 Å². The second kappa shape index (κ2) is 6.33. The van der Waals surface area contributed by atoms with Crippen molar-refractivity contribution in [2.75, 3.05) is 19.8 Å². The molecule has 0 amide bonds. The summed E-state index contributed by atoms with van der Waals surface area (Å²) in [6.07, 6.45) is 5.61. The van der Waals surface area contributed by atoms with Crippen molar-refractivity contribution in [1.82, 2.24) is 10.3 Å². The lowest BCUT2D eigenvalue weighted by atomic mass is 9.93. The van der Waals surface area contributed by atoms with E-state index in [-0.39, 0.29) is 0 Å². The van der Waals surface area contributed by atoms with Gasteiger partial charge in [0.25, 0.3) is 0 Å². The molecule has 1 aromatic heterocycles. The lowest BCUT2D eigenvalue weighted by Gasteiger charge is -2.30. The van der Waals surface area contributed by atoms with Crippen LogP contribution in [0.2, 0.25) is 0 Å².